The molecule has 1 N–H and O–H groups in total. The van der Waals surface area contributed by atoms with Crippen LogP contribution in [0.5, 0.6) is 0 Å². The molecule has 0 amide bonds. The topological polar surface area (TPSA) is 28.7 Å². The summed E-state index contributed by atoms with van der Waals surface area (Å²) in [5.41, 5.74) is 2.30. The van der Waals surface area contributed by atoms with Crippen molar-refractivity contribution in [2.75, 3.05) is 0 Å². The predicted molar refractivity (Wildman–Crippen MR) is 43.2 cm³/mol. The molecule has 0 aromatic carbocycles. The van der Waals surface area contributed by atoms with E-state index in [0.29, 0.717) is 0 Å². The van der Waals surface area contributed by atoms with Gasteiger partial charge >= 0.3 is 0 Å². The van der Waals surface area contributed by atoms with E-state index in [4.69, 9.17) is 0 Å². The molecule has 2 rings (SSSR count). The molecule has 0 radical (unpaired) electrons. The lowest BCUT2D eigenvalue weighted by molar-refractivity contribution is 0.924. The molecule has 1 aliphatic rings. The fourth-order valence-electron chi connectivity index (χ4n) is 1.01. The Balaban J connectivity index is 2.34. The standard InChI is InChI=1S/C7H9BrN2/c1-5-4-6(10-9-5)7(8)2-3-7/h4H,2-3H2,1H3,(H,9,10). The van der Waals surface area contributed by atoms with Gasteiger partial charge in [0.15, 0.2) is 0 Å². The molecule has 1 heterocycles. The van der Waals surface area contributed by atoms with E-state index in [9.17, 15) is 0 Å². The van der Waals surface area contributed by atoms with Gasteiger partial charge in [-0.2, -0.15) is 5.10 Å². The Labute approximate surface area is 68.2 Å². The molecule has 0 atom stereocenters. The van der Waals surface area contributed by atoms with E-state index >= 15 is 0 Å². The first kappa shape index (κ1) is 6.40. The third-order valence-electron chi connectivity index (χ3n) is 1.85. The zero-order valence-corrected chi connectivity index (χ0v) is 7.40. The number of H-pyrrole nitrogens is 1. The highest BCUT2D eigenvalue weighted by molar-refractivity contribution is 9.09. The zero-order chi connectivity index (χ0) is 7.19. The van der Waals surface area contributed by atoms with Crippen LogP contribution in [-0.4, -0.2) is 10.2 Å². The Hall–Kier alpha value is -0.310. The minimum atomic E-state index is 0.234. The van der Waals surface area contributed by atoms with E-state index in [0.717, 1.165) is 11.4 Å². The lowest BCUT2D eigenvalue weighted by atomic mass is 10.3. The van der Waals surface area contributed by atoms with Crippen molar-refractivity contribution in [3.63, 3.8) is 0 Å². The maximum Gasteiger partial charge on any atom is 0.0792 e. The Kier molecular flexibility index (Phi) is 1.18. The van der Waals surface area contributed by atoms with E-state index in [1.807, 2.05) is 6.92 Å². The molecule has 0 bridgehead atoms. The summed E-state index contributed by atoms with van der Waals surface area (Å²) in [6, 6.07) is 2.10. The number of aromatic nitrogens is 2. The highest BCUT2D eigenvalue weighted by atomic mass is 79.9. The quantitative estimate of drug-likeness (QED) is 0.692. The summed E-state index contributed by atoms with van der Waals surface area (Å²) in [5, 5.41) is 7.11. The molecule has 3 heteroatoms. The SMILES string of the molecule is Cc1cc(C2(Br)CC2)n[nH]1. The van der Waals surface area contributed by atoms with Crippen LogP contribution in [-0.2, 0) is 4.32 Å². The number of hydrogen-bond acceptors (Lipinski definition) is 1. The highest BCUT2D eigenvalue weighted by Gasteiger charge is 2.43. The summed E-state index contributed by atoms with van der Waals surface area (Å²) in [5.74, 6) is 0. The van der Waals surface area contributed by atoms with Crippen molar-refractivity contribution in [3.8, 4) is 0 Å². The summed E-state index contributed by atoms with van der Waals surface area (Å²) in [4.78, 5) is 0. The van der Waals surface area contributed by atoms with Gasteiger partial charge in [0, 0.05) is 5.69 Å². The average Bonchev–Trinajstić information content (AvgIpc) is 2.45. The minimum absolute atomic E-state index is 0.234. The van der Waals surface area contributed by atoms with Crippen LogP contribution in [0, 0.1) is 6.92 Å². The molecule has 2 nitrogen and oxygen atoms in total. The van der Waals surface area contributed by atoms with Crippen molar-refractivity contribution in [1.29, 1.82) is 0 Å². The minimum Gasteiger partial charge on any atom is -0.283 e. The van der Waals surface area contributed by atoms with Crippen LogP contribution in [0.1, 0.15) is 24.2 Å². The van der Waals surface area contributed by atoms with Gasteiger partial charge < -0.3 is 0 Å². The van der Waals surface area contributed by atoms with Gasteiger partial charge in [-0.1, -0.05) is 15.9 Å². The summed E-state index contributed by atoms with van der Waals surface area (Å²) >= 11 is 3.63. The number of alkyl halides is 1. The summed E-state index contributed by atoms with van der Waals surface area (Å²) < 4.78 is 0.234. The van der Waals surface area contributed by atoms with Crippen LogP contribution in [0.4, 0.5) is 0 Å². The number of hydrogen-bond donors (Lipinski definition) is 1. The van der Waals surface area contributed by atoms with Gasteiger partial charge in [-0.3, -0.25) is 5.10 Å². The predicted octanol–water partition coefficient (Wildman–Crippen LogP) is 2.10. The molecule has 1 aromatic heterocycles. The number of nitrogens with zero attached hydrogens (tertiary/aromatic N) is 1. The fraction of sp³-hybridized carbons (Fsp3) is 0.571. The average molecular weight is 201 g/mol. The first-order valence-electron chi connectivity index (χ1n) is 3.42. The van der Waals surface area contributed by atoms with Gasteiger partial charge in [0.25, 0.3) is 0 Å². The van der Waals surface area contributed by atoms with Gasteiger partial charge in [0.2, 0.25) is 0 Å². The normalized spacial score (nSPS) is 21.0. The van der Waals surface area contributed by atoms with E-state index in [2.05, 4.69) is 32.2 Å². The molecule has 10 heavy (non-hydrogen) atoms. The van der Waals surface area contributed by atoms with Crippen molar-refractivity contribution in [3.05, 3.63) is 17.5 Å². The fourth-order valence-corrected chi connectivity index (χ4v) is 1.41. The Bertz CT molecular complexity index is 250. The van der Waals surface area contributed by atoms with Crippen LogP contribution in [0.15, 0.2) is 6.07 Å². The number of aryl methyl sites for hydroxylation is 1. The number of aromatic amines is 1. The van der Waals surface area contributed by atoms with E-state index in [-0.39, 0.29) is 4.32 Å². The van der Waals surface area contributed by atoms with Crippen LogP contribution in [0.2, 0.25) is 0 Å². The number of rotatable bonds is 1. The lowest BCUT2D eigenvalue weighted by Gasteiger charge is -1.97. The van der Waals surface area contributed by atoms with Crippen LogP contribution < -0.4 is 0 Å². The van der Waals surface area contributed by atoms with Gasteiger partial charge in [-0.25, -0.2) is 0 Å². The molecule has 0 spiro atoms. The highest BCUT2D eigenvalue weighted by Crippen LogP contribution is 2.52. The second kappa shape index (κ2) is 1.84. The molecule has 0 unspecified atom stereocenters. The molecule has 1 aromatic rings. The first-order valence-corrected chi connectivity index (χ1v) is 4.21. The molecule has 1 saturated carbocycles. The molecule has 0 aliphatic heterocycles. The maximum absolute atomic E-state index is 4.18. The summed E-state index contributed by atoms with van der Waals surface area (Å²) in [6.45, 7) is 2.02. The molecule has 1 fully saturated rings. The second-order valence-electron chi connectivity index (χ2n) is 2.90. The zero-order valence-electron chi connectivity index (χ0n) is 5.82. The molecular weight excluding hydrogens is 192 g/mol. The monoisotopic (exact) mass is 200 g/mol. The smallest absolute Gasteiger partial charge is 0.0792 e. The van der Waals surface area contributed by atoms with Crippen molar-refractivity contribution in [1.82, 2.24) is 10.2 Å². The largest absolute Gasteiger partial charge is 0.283 e. The van der Waals surface area contributed by atoms with Crippen molar-refractivity contribution >= 4 is 15.9 Å². The third-order valence-corrected chi connectivity index (χ3v) is 3.05. The van der Waals surface area contributed by atoms with Crippen LogP contribution in [0.3, 0.4) is 0 Å². The van der Waals surface area contributed by atoms with Gasteiger partial charge in [0.1, 0.15) is 0 Å². The molecular formula is C7H9BrN2. The molecule has 54 valence electrons. The Morgan fingerprint density at radius 2 is 2.40 bits per heavy atom. The summed E-state index contributed by atoms with van der Waals surface area (Å²) in [6.07, 6.45) is 2.44. The van der Waals surface area contributed by atoms with E-state index in [1.165, 1.54) is 12.8 Å². The van der Waals surface area contributed by atoms with Gasteiger partial charge in [-0.15, -0.1) is 0 Å². The number of halogens is 1. The second-order valence-corrected chi connectivity index (χ2v) is 4.42. The first-order chi connectivity index (χ1) is 4.71. The van der Waals surface area contributed by atoms with E-state index < -0.39 is 0 Å². The van der Waals surface area contributed by atoms with Crippen LogP contribution in [0.25, 0.3) is 0 Å². The number of nitrogens with one attached hydrogen (secondary N) is 1. The summed E-state index contributed by atoms with van der Waals surface area (Å²) in [7, 11) is 0. The maximum atomic E-state index is 4.18. The van der Waals surface area contributed by atoms with Gasteiger partial charge in [0.05, 0.1) is 10.0 Å². The Morgan fingerprint density at radius 3 is 2.80 bits per heavy atom. The molecule has 1 aliphatic carbocycles. The third kappa shape index (κ3) is 0.888. The van der Waals surface area contributed by atoms with Crippen LogP contribution >= 0.6 is 15.9 Å². The van der Waals surface area contributed by atoms with Crippen molar-refractivity contribution in [2.45, 2.75) is 24.1 Å². The van der Waals surface area contributed by atoms with Gasteiger partial charge in [-0.05, 0) is 25.8 Å². The molecule has 0 saturated heterocycles. The lowest BCUT2D eigenvalue weighted by Crippen LogP contribution is -1.94. The van der Waals surface area contributed by atoms with Crippen molar-refractivity contribution < 1.29 is 0 Å². The Morgan fingerprint density at radius 1 is 1.70 bits per heavy atom. The van der Waals surface area contributed by atoms with E-state index in [1.54, 1.807) is 0 Å². The van der Waals surface area contributed by atoms with Crippen molar-refractivity contribution in [2.24, 2.45) is 0 Å².